The minimum absolute atomic E-state index is 0.0128. The summed E-state index contributed by atoms with van der Waals surface area (Å²) in [7, 11) is 0. The minimum atomic E-state index is -4.53. The second-order valence-corrected chi connectivity index (χ2v) is 7.27. The van der Waals surface area contributed by atoms with E-state index in [1.54, 1.807) is 0 Å². The van der Waals surface area contributed by atoms with Gasteiger partial charge in [-0.1, -0.05) is 18.2 Å². The molecule has 3 rings (SSSR count). The molecule has 0 aliphatic carbocycles. The maximum absolute atomic E-state index is 13.4. The standard InChI is InChI=1S/C16H13ClF4N4OS/c1-7-10(18)3-12(25-7)14(26)23-4-8-2-11(22-5-9(8)17)13-6-24-15(27-13)16(19,20)21/h2,5-6,10,12,25H,1,3-4H2,(H,23,26)/t10-,12+/m1/s1. The molecule has 0 spiro atoms. The molecule has 0 unspecified atom stereocenters. The Hall–Kier alpha value is -2.20. The van der Waals surface area contributed by atoms with E-state index in [1.807, 2.05) is 0 Å². The van der Waals surface area contributed by atoms with Crippen molar-refractivity contribution >= 4 is 28.8 Å². The smallest absolute Gasteiger partial charge is 0.375 e. The van der Waals surface area contributed by atoms with E-state index in [4.69, 9.17) is 11.6 Å². The van der Waals surface area contributed by atoms with E-state index in [9.17, 15) is 22.4 Å². The number of hydrogen-bond donors (Lipinski definition) is 2. The first-order valence-electron chi connectivity index (χ1n) is 7.70. The third kappa shape index (κ3) is 4.38. The molecule has 2 N–H and O–H groups in total. The van der Waals surface area contributed by atoms with Crippen LogP contribution in [0.1, 0.15) is 17.0 Å². The Balaban J connectivity index is 1.71. The maximum atomic E-state index is 13.4. The van der Waals surface area contributed by atoms with Crippen LogP contribution in [-0.4, -0.2) is 28.1 Å². The van der Waals surface area contributed by atoms with Gasteiger partial charge in [0, 0.05) is 31.1 Å². The van der Waals surface area contributed by atoms with E-state index in [0.717, 1.165) is 6.20 Å². The summed E-state index contributed by atoms with van der Waals surface area (Å²) in [6.07, 6.45) is -3.45. The van der Waals surface area contributed by atoms with Gasteiger partial charge in [0.2, 0.25) is 5.91 Å². The number of carbonyl (C=O) groups is 1. The fourth-order valence-corrected chi connectivity index (χ4v) is 3.40. The van der Waals surface area contributed by atoms with Gasteiger partial charge in [-0.05, 0) is 11.6 Å². The highest BCUT2D eigenvalue weighted by Crippen LogP contribution is 2.36. The number of nitrogens with one attached hydrogen (secondary N) is 2. The van der Waals surface area contributed by atoms with Crippen molar-refractivity contribution < 1.29 is 22.4 Å². The van der Waals surface area contributed by atoms with Gasteiger partial charge in [-0.3, -0.25) is 9.78 Å². The molecule has 1 fully saturated rings. The van der Waals surface area contributed by atoms with Crippen LogP contribution in [0.5, 0.6) is 0 Å². The van der Waals surface area contributed by atoms with E-state index in [1.165, 1.54) is 12.3 Å². The summed E-state index contributed by atoms with van der Waals surface area (Å²) in [5.41, 5.74) is 0.878. The molecule has 0 saturated carbocycles. The van der Waals surface area contributed by atoms with Crippen molar-refractivity contribution in [2.45, 2.75) is 31.4 Å². The van der Waals surface area contributed by atoms with Crippen LogP contribution in [0.2, 0.25) is 5.02 Å². The molecule has 1 amide bonds. The molecule has 144 valence electrons. The Morgan fingerprint density at radius 1 is 1.41 bits per heavy atom. The van der Waals surface area contributed by atoms with E-state index >= 15 is 0 Å². The number of rotatable bonds is 4. The number of pyridine rings is 1. The van der Waals surface area contributed by atoms with Crippen LogP contribution in [-0.2, 0) is 17.5 Å². The van der Waals surface area contributed by atoms with Crippen molar-refractivity contribution in [3.05, 3.63) is 46.3 Å². The lowest BCUT2D eigenvalue weighted by Gasteiger charge is -2.12. The molecule has 5 nitrogen and oxygen atoms in total. The first-order chi connectivity index (χ1) is 12.6. The average Bonchev–Trinajstić information content (AvgIpc) is 3.21. The molecule has 2 atom stereocenters. The number of allylic oxidation sites excluding steroid dienone is 1. The molecule has 1 aliphatic rings. The van der Waals surface area contributed by atoms with Gasteiger partial charge in [0.1, 0.15) is 12.2 Å². The van der Waals surface area contributed by atoms with Gasteiger partial charge in [-0.2, -0.15) is 13.2 Å². The van der Waals surface area contributed by atoms with Crippen LogP contribution in [0.15, 0.2) is 30.7 Å². The fourth-order valence-electron chi connectivity index (χ4n) is 2.47. The Kier molecular flexibility index (Phi) is 5.38. The van der Waals surface area contributed by atoms with Gasteiger partial charge in [0.15, 0.2) is 5.01 Å². The van der Waals surface area contributed by atoms with Crippen LogP contribution < -0.4 is 10.6 Å². The summed E-state index contributed by atoms with van der Waals surface area (Å²) in [4.78, 5) is 19.7. The SMILES string of the molecule is C=C1N[C@H](C(=O)NCc2cc(-c3cnc(C(F)(F)F)s3)ncc2Cl)C[C@H]1F. The van der Waals surface area contributed by atoms with Crippen LogP contribution in [0, 0.1) is 0 Å². The summed E-state index contributed by atoms with van der Waals surface area (Å²) >= 11 is 6.52. The van der Waals surface area contributed by atoms with Gasteiger partial charge in [0.05, 0.1) is 15.6 Å². The van der Waals surface area contributed by atoms with Crippen molar-refractivity contribution in [2.75, 3.05) is 0 Å². The normalized spacial score (nSPS) is 19.8. The third-order valence-electron chi connectivity index (χ3n) is 3.89. The van der Waals surface area contributed by atoms with Gasteiger partial charge >= 0.3 is 6.18 Å². The fraction of sp³-hybridized carbons (Fsp3) is 0.312. The molecule has 1 aliphatic heterocycles. The maximum Gasteiger partial charge on any atom is 0.443 e. The van der Waals surface area contributed by atoms with Crippen LogP contribution in [0.4, 0.5) is 17.6 Å². The van der Waals surface area contributed by atoms with Crippen molar-refractivity contribution in [3.8, 4) is 10.6 Å². The highest BCUT2D eigenvalue weighted by atomic mass is 35.5. The van der Waals surface area contributed by atoms with Crippen molar-refractivity contribution in [1.82, 2.24) is 20.6 Å². The highest BCUT2D eigenvalue weighted by molar-refractivity contribution is 7.15. The molecule has 27 heavy (non-hydrogen) atoms. The summed E-state index contributed by atoms with van der Waals surface area (Å²) in [5.74, 6) is -0.428. The van der Waals surface area contributed by atoms with Gasteiger partial charge in [-0.15, -0.1) is 11.3 Å². The first-order valence-corrected chi connectivity index (χ1v) is 8.89. The highest BCUT2D eigenvalue weighted by Gasteiger charge is 2.35. The second kappa shape index (κ2) is 7.43. The summed E-state index contributed by atoms with van der Waals surface area (Å²) < 4.78 is 51.5. The number of alkyl halides is 4. The molecule has 11 heteroatoms. The molecule has 2 aromatic rings. The largest absolute Gasteiger partial charge is 0.443 e. The molecule has 0 bridgehead atoms. The Morgan fingerprint density at radius 2 is 2.15 bits per heavy atom. The van der Waals surface area contributed by atoms with Crippen LogP contribution >= 0.6 is 22.9 Å². The van der Waals surface area contributed by atoms with E-state index < -0.39 is 29.3 Å². The lowest BCUT2D eigenvalue weighted by molar-refractivity contribution is -0.137. The Labute approximate surface area is 160 Å². The van der Waals surface area contributed by atoms with Crippen molar-refractivity contribution in [2.24, 2.45) is 0 Å². The number of halogens is 5. The number of thiazole rings is 1. The number of nitrogens with zero attached hydrogens (tertiary/aromatic N) is 2. The lowest BCUT2D eigenvalue weighted by atomic mass is 10.1. The van der Waals surface area contributed by atoms with E-state index in [2.05, 4.69) is 27.2 Å². The van der Waals surface area contributed by atoms with Crippen LogP contribution in [0.25, 0.3) is 10.6 Å². The minimum Gasteiger partial charge on any atom is -0.375 e. The third-order valence-corrected chi connectivity index (χ3v) is 5.29. The number of aromatic nitrogens is 2. The zero-order valence-electron chi connectivity index (χ0n) is 13.6. The van der Waals surface area contributed by atoms with Crippen LogP contribution in [0.3, 0.4) is 0 Å². The topological polar surface area (TPSA) is 66.9 Å². The molecular weight excluding hydrogens is 408 g/mol. The Bertz CT molecular complexity index is 886. The molecule has 0 radical (unpaired) electrons. The van der Waals surface area contributed by atoms with E-state index in [0.29, 0.717) is 16.9 Å². The predicted molar refractivity (Wildman–Crippen MR) is 92.8 cm³/mol. The summed E-state index contributed by atoms with van der Waals surface area (Å²) in [6.45, 7) is 3.50. The second-order valence-electron chi connectivity index (χ2n) is 5.83. The quantitative estimate of drug-likeness (QED) is 0.740. The molecular formula is C16H13ClF4N4OS. The molecule has 2 aromatic heterocycles. The van der Waals surface area contributed by atoms with Crippen molar-refractivity contribution in [3.63, 3.8) is 0 Å². The van der Waals surface area contributed by atoms with Crippen molar-refractivity contribution in [1.29, 1.82) is 0 Å². The summed E-state index contributed by atoms with van der Waals surface area (Å²) in [5, 5.41) is 4.55. The number of hydrogen-bond acceptors (Lipinski definition) is 5. The molecule has 0 aromatic carbocycles. The zero-order chi connectivity index (χ0) is 19.8. The molecule has 1 saturated heterocycles. The van der Waals surface area contributed by atoms with Gasteiger partial charge < -0.3 is 10.6 Å². The van der Waals surface area contributed by atoms with E-state index in [-0.39, 0.29) is 34.3 Å². The number of carbonyl (C=O) groups excluding carboxylic acids is 1. The predicted octanol–water partition coefficient (Wildman–Crippen LogP) is 3.71. The zero-order valence-corrected chi connectivity index (χ0v) is 15.2. The Morgan fingerprint density at radius 3 is 2.74 bits per heavy atom. The molecule has 3 heterocycles. The monoisotopic (exact) mass is 420 g/mol. The first kappa shape index (κ1) is 19.6. The lowest BCUT2D eigenvalue weighted by Crippen LogP contribution is -2.39. The van der Waals surface area contributed by atoms with Gasteiger partial charge in [-0.25, -0.2) is 9.37 Å². The summed E-state index contributed by atoms with van der Waals surface area (Å²) in [6, 6.07) is 0.748. The number of amides is 1. The van der Waals surface area contributed by atoms with Gasteiger partial charge in [0.25, 0.3) is 0 Å². The average molecular weight is 421 g/mol.